The molecule has 0 spiro atoms. The van der Waals surface area contributed by atoms with Gasteiger partial charge in [0.25, 0.3) is 0 Å². The fourth-order valence-electron chi connectivity index (χ4n) is 2.28. The number of aromatic nitrogens is 2. The van der Waals surface area contributed by atoms with E-state index < -0.39 is 0 Å². The largest absolute Gasteiger partial charge is 0.497 e. The Balaban J connectivity index is 2.15. The van der Waals surface area contributed by atoms with Crippen LogP contribution in [0.1, 0.15) is 5.69 Å². The van der Waals surface area contributed by atoms with Crippen LogP contribution in [0.5, 0.6) is 5.75 Å². The van der Waals surface area contributed by atoms with Gasteiger partial charge in [-0.05, 0) is 30.3 Å². The van der Waals surface area contributed by atoms with Crippen LogP contribution in [0, 0.1) is 0 Å². The van der Waals surface area contributed by atoms with Gasteiger partial charge in [0.05, 0.1) is 24.2 Å². The zero-order valence-electron chi connectivity index (χ0n) is 11.9. The van der Waals surface area contributed by atoms with Gasteiger partial charge in [-0.2, -0.15) is 5.10 Å². The molecule has 1 aromatic heterocycles. The summed E-state index contributed by atoms with van der Waals surface area (Å²) in [6, 6.07) is 20.0. The molecule has 21 heavy (non-hydrogen) atoms. The molecule has 0 aliphatic rings. The zero-order valence-corrected chi connectivity index (χ0v) is 11.9. The maximum atomic E-state index is 5.74. The lowest BCUT2D eigenvalue weighted by atomic mass is 10.1. The first-order chi connectivity index (χ1) is 10.3. The van der Waals surface area contributed by atoms with E-state index in [0.29, 0.717) is 6.54 Å². The van der Waals surface area contributed by atoms with E-state index in [0.717, 1.165) is 28.4 Å². The van der Waals surface area contributed by atoms with Gasteiger partial charge in [-0.15, -0.1) is 0 Å². The van der Waals surface area contributed by atoms with E-state index in [1.807, 2.05) is 65.3 Å². The first kappa shape index (κ1) is 13.4. The molecule has 4 heteroatoms. The van der Waals surface area contributed by atoms with Crippen LogP contribution in [-0.4, -0.2) is 16.9 Å². The van der Waals surface area contributed by atoms with Gasteiger partial charge in [0, 0.05) is 12.1 Å². The van der Waals surface area contributed by atoms with Gasteiger partial charge in [-0.25, -0.2) is 4.68 Å². The minimum absolute atomic E-state index is 0.413. The first-order valence-electron chi connectivity index (χ1n) is 6.80. The second-order valence-electron chi connectivity index (χ2n) is 4.70. The molecule has 4 nitrogen and oxygen atoms in total. The Labute approximate surface area is 123 Å². The molecule has 0 amide bonds. The van der Waals surface area contributed by atoms with Crippen LogP contribution < -0.4 is 10.5 Å². The second-order valence-corrected chi connectivity index (χ2v) is 4.70. The van der Waals surface area contributed by atoms with Crippen LogP contribution in [0.4, 0.5) is 0 Å². The Kier molecular flexibility index (Phi) is 3.71. The SMILES string of the molecule is COc1cccc(-c2cc(CN)nn2-c2ccccc2)c1. The monoisotopic (exact) mass is 279 g/mol. The average Bonchev–Trinajstić information content (AvgIpc) is 3.00. The van der Waals surface area contributed by atoms with Crippen molar-refractivity contribution in [2.45, 2.75) is 6.54 Å². The van der Waals surface area contributed by atoms with E-state index in [1.54, 1.807) is 7.11 Å². The smallest absolute Gasteiger partial charge is 0.119 e. The van der Waals surface area contributed by atoms with Gasteiger partial charge in [0.15, 0.2) is 0 Å². The van der Waals surface area contributed by atoms with Crippen LogP contribution in [-0.2, 0) is 6.54 Å². The van der Waals surface area contributed by atoms with Gasteiger partial charge < -0.3 is 10.5 Å². The standard InChI is InChI=1S/C17H17N3O/c1-21-16-9-5-6-13(10-16)17-11-14(12-18)19-20(17)15-7-3-2-4-8-15/h2-11H,12,18H2,1H3. The number of hydrogen-bond donors (Lipinski definition) is 1. The summed E-state index contributed by atoms with van der Waals surface area (Å²) in [7, 11) is 1.67. The third-order valence-electron chi connectivity index (χ3n) is 3.34. The number of nitrogens with two attached hydrogens (primary N) is 1. The molecule has 3 aromatic rings. The fraction of sp³-hybridized carbons (Fsp3) is 0.118. The van der Waals surface area contributed by atoms with Gasteiger partial charge in [-0.3, -0.25) is 0 Å². The van der Waals surface area contributed by atoms with Crippen LogP contribution in [0.25, 0.3) is 16.9 Å². The van der Waals surface area contributed by atoms with E-state index in [1.165, 1.54) is 0 Å². The number of ether oxygens (including phenoxy) is 1. The lowest BCUT2D eigenvalue weighted by Crippen LogP contribution is -2.01. The number of rotatable bonds is 4. The molecule has 2 aromatic carbocycles. The molecule has 0 fully saturated rings. The Morgan fingerprint density at radius 1 is 1.05 bits per heavy atom. The predicted octanol–water partition coefficient (Wildman–Crippen LogP) is 3.01. The highest BCUT2D eigenvalue weighted by Crippen LogP contribution is 2.26. The highest BCUT2D eigenvalue weighted by atomic mass is 16.5. The summed E-state index contributed by atoms with van der Waals surface area (Å²) in [6.07, 6.45) is 0. The molecule has 0 radical (unpaired) electrons. The molecule has 3 rings (SSSR count). The lowest BCUT2D eigenvalue weighted by molar-refractivity contribution is 0.415. The molecule has 0 saturated heterocycles. The maximum Gasteiger partial charge on any atom is 0.119 e. The van der Waals surface area contributed by atoms with Crippen molar-refractivity contribution in [3.63, 3.8) is 0 Å². The summed E-state index contributed by atoms with van der Waals surface area (Å²) in [5.74, 6) is 0.822. The molecule has 0 unspecified atom stereocenters. The second kappa shape index (κ2) is 5.81. The van der Waals surface area contributed by atoms with Crippen molar-refractivity contribution >= 4 is 0 Å². The fourth-order valence-corrected chi connectivity index (χ4v) is 2.28. The van der Waals surface area contributed by atoms with Gasteiger partial charge in [-0.1, -0.05) is 30.3 Å². The highest BCUT2D eigenvalue weighted by Gasteiger charge is 2.11. The van der Waals surface area contributed by atoms with Gasteiger partial charge in [0.2, 0.25) is 0 Å². The molecule has 2 N–H and O–H groups in total. The number of hydrogen-bond acceptors (Lipinski definition) is 3. The maximum absolute atomic E-state index is 5.74. The van der Waals surface area contributed by atoms with Gasteiger partial charge >= 0.3 is 0 Å². The molecule has 0 bridgehead atoms. The third-order valence-corrected chi connectivity index (χ3v) is 3.34. The summed E-state index contributed by atoms with van der Waals surface area (Å²) >= 11 is 0. The van der Waals surface area contributed by atoms with Crippen LogP contribution in [0.2, 0.25) is 0 Å². The van der Waals surface area contributed by atoms with Crippen LogP contribution in [0.3, 0.4) is 0 Å². The molecule has 106 valence electrons. The molecule has 0 aliphatic heterocycles. The van der Waals surface area contributed by atoms with E-state index in [9.17, 15) is 0 Å². The predicted molar refractivity (Wildman–Crippen MR) is 83.4 cm³/mol. The van der Waals surface area contributed by atoms with Crippen LogP contribution in [0.15, 0.2) is 60.7 Å². The van der Waals surface area contributed by atoms with Crippen molar-refractivity contribution in [3.05, 3.63) is 66.4 Å². The minimum Gasteiger partial charge on any atom is -0.497 e. The van der Waals surface area contributed by atoms with Crippen molar-refractivity contribution in [2.24, 2.45) is 5.73 Å². The molecular formula is C17H17N3O. The molecule has 0 aliphatic carbocycles. The zero-order chi connectivity index (χ0) is 14.7. The Morgan fingerprint density at radius 2 is 1.86 bits per heavy atom. The van der Waals surface area contributed by atoms with Crippen molar-refractivity contribution in [1.29, 1.82) is 0 Å². The summed E-state index contributed by atoms with van der Waals surface area (Å²) in [5, 5.41) is 4.58. The Morgan fingerprint density at radius 3 is 2.57 bits per heavy atom. The summed E-state index contributed by atoms with van der Waals surface area (Å²) in [6.45, 7) is 0.413. The van der Waals surface area contributed by atoms with Crippen molar-refractivity contribution in [1.82, 2.24) is 9.78 Å². The highest BCUT2D eigenvalue weighted by molar-refractivity contribution is 5.64. The average molecular weight is 279 g/mol. The van der Waals surface area contributed by atoms with Crippen molar-refractivity contribution < 1.29 is 4.74 Å². The van der Waals surface area contributed by atoms with E-state index >= 15 is 0 Å². The number of para-hydroxylation sites is 1. The molecular weight excluding hydrogens is 262 g/mol. The van der Waals surface area contributed by atoms with E-state index in [4.69, 9.17) is 10.5 Å². The van der Waals surface area contributed by atoms with E-state index in [-0.39, 0.29) is 0 Å². The van der Waals surface area contributed by atoms with Crippen molar-refractivity contribution in [2.75, 3.05) is 7.11 Å². The lowest BCUT2D eigenvalue weighted by Gasteiger charge is -2.08. The summed E-state index contributed by atoms with van der Waals surface area (Å²) in [4.78, 5) is 0. The molecule has 1 heterocycles. The van der Waals surface area contributed by atoms with Gasteiger partial charge in [0.1, 0.15) is 5.75 Å². The molecule has 0 saturated carbocycles. The normalized spacial score (nSPS) is 10.6. The summed E-state index contributed by atoms with van der Waals surface area (Å²) in [5.41, 5.74) is 9.66. The summed E-state index contributed by atoms with van der Waals surface area (Å²) < 4.78 is 7.21. The van der Waals surface area contributed by atoms with Crippen LogP contribution >= 0.6 is 0 Å². The molecule has 0 atom stereocenters. The number of benzene rings is 2. The number of nitrogens with zero attached hydrogens (tertiary/aromatic N) is 2. The number of methoxy groups -OCH3 is 1. The van der Waals surface area contributed by atoms with Crippen molar-refractivity contribution in [3.8, 4) is 22.7 Å². The Hall–Kier alpha value is -2.59. The topological polar surface area (TPSA) is 53.1 Å². The third kappa shape index (κ3) is 2.66. The first-order valence-corrected chi connectivity index (χ1v) is 6.80. The minimum atomic E-state index is 0.413. The Bertz CT molecular complexity index is 735. The quantitative estimate of drug-likeness (QED) is 0.798. The van der Waals surface area contributed by atoms with E-state index in [2.05, 4.69) is 5.10 Å².